The molecule has 0 aliphatic heterocycles. The van der Waals surface area contributed by atoms with Gasteiger partial charge in [-0.3, -0.25) is 4.79 Å². The molecule has 0 saturated heterocycles. The fourth-order valence-corrected chi connectivity index (χ4v) is 3.02. The molecule has 0 bridgehead atoms. The van der Waals surface area contributed by atoms with Gasteiger partial charge in [0, 0.05) is 0 Å². The average Bonchev–Trinajstić information content (AvgIpc) is 2.83. The van der Waals surface area contributed by atoms with E-state index in [0.717, 1.165) is 11.1 Å². The standard InChI is InChI=1S/C19H20N2O3/c1-6-7-21-18(22)14(11-20)13-10-19(2,3)15-9-17(24-5)16(23-4)8-12(13)15/h1,8-9H,7,10H2,2-5H3,(H,21,22)/b14-13+. The van der Waals surface area contributed by atoms with Gasteiger partial charge in [-0.25, -0.2) is 0 Å². The number of carbonyl (C=O) groups excluding carboxylic acids is 1. The summed E-state index contributed by atoms with van der Waals surface area (Å²) >= 11 is 0. The van der Waals surface area contributed by atoms with E-state index in [0.29, 0.717) is 23.5 Å². The van der Waals surface area contributed by atoms with Crippen molar-refractivity contribution in [3.63, 3.8) is 0 Å². The maximum absolute atomic E-state index is 12.3. The van der Waals surface area contributed by atoms with Crippen LogP contribution in [0.3, 0.4) is 0 Å². The van der Waals surface area contributed by atoms with E-state index in [1.807, 2.05) is 18.2 Å². The van der Waals surface area contributed by atoms with Gasteiger partial charge in [0.2, 0.25) is 0 Å². The van der Waals surface area contributed by atoms with E-state index < -0.39 is 5.91 Å². The van der Waals surface area contributed by atoms with Crippen molar-refractivity contribution in [1.82, 2.24) is 5.32 Å². The van der Waals surface area contributed by atoms with E-state index in [-0.39, 0.29) is 17.5 Å². The average molecular weight is 324 g/mol. The minimum atomic E-state index is -0.455. The number of nitrogens with one attached hydrogen (secondary N) is 1. The van der Waals surface area contributed by atoms with E-state index in [9.17, 15) is 10.1 Å². The molecule has 0 saturated carbocycles. The Morgan fingerprint density at radius 1 is 1.33 bits per heavy atom. The largest absolute Gasteiger partial charge is 0.493 e. The molecule has 0 aromatic heterocycles. The van der Waals surface area contributed by atoms with Crippen molar-refractivity contribution < 1.29 is 14.3 Å². The Morgan fingerprint density at radius 2 is 1.96 bits per heavy atom. The zero-order valence-corrected chi connectivity index (χ0v) is 14.3. The first-order valence-electron chi connectivity index (χ1n) is 7.51. The summed E-state index contributed by atoms with van der Waals surface area (Å²) in [4.78, 5) is 12.3. The van der Waals surface area contributed by atoms with Gasteiger partial charge in [0.05, 0.1) is 20.8 Å². The van der Waals surface area contributed by atoms with Gasteiger partial charge in [-0.1, -0.05) is 19.8 Å². The summed E-state index contributed by atoms with van der Waals surface area (Å²) in [5.74, 6) is 3.07. The Morgan fingerprint density at radius 3 is 2.50 bits per heavy atom. The highest BCUT2D eigenvalue weighted by molar-refractivity contribution is 6.06. The van der Waals surface area contributed by atoms with Crippen molar-refractivity contribution >= 4 is 11.5 Å². The Balaban J connectivity index is 2.66. The molecule has 1 aromatic rings. The van der Waals surface area contributed by atoms with Crippen LogP contribution in [0.2, 0.25) is 0 Å². The minimum Gasteiger partial charge on any atom is -0.493 e. The Kier molecular flexibility index (Phi) is 4.85. The third-order valence-corrected chi connectivity index (χ3v) is 4.19. The molecule has 0 atom stereocenters. The number of hydrogen-bond acceptors (Lipinski definition) is 4. The summed E-state index contributed by atoms with van der Waals surface area (Å²) in [6.07, 6.45) is 5.74. The lowest BCUT2D eigenvalue weighted by Crippen LogP contribution is -2.25. The smallest absolute Gasteiger partial charge is 0.262 e. The van der Waals surface area contributed by atoms with Crippen LogP contribution in [0.5, 0.6) is 11.5 Å². The van der Waals surface area contributed by atoms with E-state index in [4.69, 9.17) is 15.9 Å². The highest BCUT2D eigenvalue weighted by Gasteiger charge is 2.37. The van der Waals surface area contributed by atoms with Gasteiger partial charge in [0.1, 0.15) is 11.6 Å². The van der Waals surface area contributed by atoms with Crippen LogP contribution in [0.25, 0.3) is 5.57 Å². The van der Waals surface area contributed by atoms with Gasteiger partial charge in [-0.15, -0.1) is 6.42 Å². The molecule has 124 valence electrons. The van der Waals surface area contributed by atoms with Crippen LogP contribution in [0, 0.1) is 23.7 Å². The van der Waals surface area contributed by atoms with Gasteiger partial charge < -0.3 is 14.8 Å². The number of hydrogen-bond donors (Lipinski definition) is 1. The number of methoxy groups -OCH3 is 2. The first-order chi connectivity index (χ1) is 11.4. The second kappa shape index (κ2) is 6.68. The number of amides is 1. The number of nitriles is 1. The highest BCUT2D eigenvalue weighted by Crippen LogP contribution is 2.50. The van der Waals surface area contributed by atoms with Gasteiger partial charge in [0.15, 0.2) is 11.5 Å². The molecular formula is C19H20N2O3. The zero-order chi connectivity index (χ0) is 17.9. The molecule has 1 aliphatic rings. The summed E-state index contributed by atoms with van der Waals surface area (Å²) < 4.78 is 10.7. The number of ether oxygens (including phenoxy) is 2. The van der Waals surface area contributed by atoms with Crippen LogP contribution in [0.15, 0.2) is 17.7 Å². The predicted molar refractivity (Wildman–Crippen MR) is 91.6 cm³/mol. The van der Waals surface area contributed by atoms with Crippen molar-refractivity contribution in [3.8, 4) is 29.9 Å². The highest BCUT2D eigenvalue weighted by atomic mass is 16.5. The van der Waals surface area contributed by atoms with Crippen molar-refractivity contribution in [3.05, 3.63) is 28.8 Å². The van der Waals surface area contributed by atoms with Crippen molar-refractivity contribution in [1.29, 1.82) is 5.26 Å². The molecule has 5 heteroatoms. The molecule has 2 rings (SSSR count). The molecule has 24 heavy (non-hydrogen) atoms. The molecule has 1 N–H and O–H groups in total. The van der Waals surface area contributed by atoms with Gasteiger partial charge in [-0.05, 0) is 40.7 Å². The van der Waals surface area contributed by atoms with Gasteiger partial charge >= 0.3 is 0 Å². The van der Waals surface area contributed by atoms with E-state index in [1.165, 1.54) is 0 Å². The third kappa shape index (κ3) is 2.94. The number of terminal acetylenes is 1. The minimum absolute atomic E-state index is 0.0828. The van der Waals surface area contributed by atoms with Crippen molar-refractivity contribution in [2.24, 2.45) is 0 Å². The predicted octanol–water partition coefficient (Wildman–Crippen LogP) is 2.41. The fourth-order valence-electron chi connectivity index (χ4n) is 3.02. The van der Waals surface area contributed by atoms with Crippen LogP contribution in [0.4, 0.5) is 0 Å². The van der Waals surface area contributed by atoms with Crippen molar-refractivity contribution in [2.75, 3.05) is 20.8 Å². The Hall–Kier alpha value is -2.92. The maximum atomic E-state index is 12.3. The molecule has 1 aliphatic carbocycles. The van der Waals surface area contributed by atoms with Crippen molar-refractivity contribution in [2.45, 2.75) is 25.7 Å². The first-order valence-corrected chi connectivity index (χ1v) is 7.51. The Labute approximate surface area is 142 Å². The summed E-state index contributed by atoms with van der Waals surface area (Å²) in [5.41, 5.74) is 2.42. The molecule has 0 radical (unpaired) electrons. The molecular weight excluding hydrogens is 304 g/mol. The SMILES string of the molecule is C#CCNC(=O)/C(C#N)=C1\CC(C)(C)c2cc(OC)c(OC)cc21. The van der Waals surface area contributed by atoms with Gasteiger partial charge in [0.25, 0.3) is 5.91 Å². The second-order valence-corrected chi connectivity index (χ2v) is 6.17. The van der Waals surface area contributed by atoms with Crippen LogP contribution >= 0.6 is 0 Å². The first kappa shape index (κ1) is 17.4. The number of rotatable bonds is 4. The Bertz CT molecular complexity index is 792. The molecule has 5 nitrogen and oxygen atoms in total. The maximum Gasteiger partial charge on any atom is 0.262 e. The molecule has 0 heterocycles. The second-order valence-electron chi connectivity index (χ2n) is 6.17. The fraction of sp³-hybridized carbons (Fsp3) is 0.368. The molecule has 1 aromatic carbocycles. The molecule has 0 fully saturated rings. The zero-order valence-electron chi connectivity index (χ0n) is 14.3. The number of nitrogens with zero attached hydrogens (tertiary/aromatic N) is 1. The van der Waals surface area contributed by atoms with E-state index in [1.54, 1.807) is 14.2 Å². The number of benzene rings is 1. The lowest BCUT2D eigenvalue weighted by Gasteiger charge is -2.19. The summed E-state index contributed by atoms with van der Waals surface area (Å²) in [7, 11) is 3.13. The number of carbonyl (C=O) groups is 1. The molecule has 0 unspecified atom stereocenters. The third-order valence-electron chi connectivity index (χ3n) is 4.19. The van der Waals surface area contributed by atoms with Crippen LogP contribution in [0.1, 0.15) is 31.4 Å². The number of allylic oxidation sites excluding steroid dienone is 1. The quantitative estimate of drug-likeness (QED) is 0.524. The van der Waals surface area contributed by atoms with E-state index in [2.05, 4.69) is 25.1 Å². The normalized spacial score (nSPS) is 16.4. The summed E-state index contributed by atoms with van der Waals surface area (Å²) in [5, 5.41) is 12.1. The number of fused-ring (bicyclic) bond motifs is 1. The monoisotopic (exact) mass is 324 g/mol. The van der Waals surface area contributed by atoms with E-state index >= 15 is 0 Å². The summed E-state index contributed by atoms with van der Waals surface area (Å²) in [6, 6.07) is 5.76. The molecule has 1 amide bonds. The van der Waals surface area contributed by atoms with Gasteiger partial charge in [-0.2, -0.15) is 5.26 Å². The lowest BCUT2D eigenvalue weighted by atomic mass is 9.86. The summed E-state index contributed by atoms with van der Waals surface area (Å²) in [6.45, 7) is 4.22. The van der Waals surface area contributed by atoms with Crippen LogP contribution < -0.4 is 14.8 Å². The topological polar surface area (TPSA) is 71.4 Å². The lowest BCUT2D eigenvalue weighted by molar-refractivity contribution is -0.116. The molecule has 0 spiro atoms. The van der Waals surface area contributed by atoms with Crippen LogP contribution in [-0.4, -0.2) is 26.7 Å². The van der Waals surface area contributed by atoms with Crippen LogP contribution in [-0.2, 0) is 10.2 Å².